The van der Waals surface area contributed by atoms with Gasteiger partial charge in [-0.25, -0.2) is 14.0 Å². The van der Waals surface area contributed by atoms with Crippen molar-refractivity contribution in [2.45, 2.75) is 85.1 Å². The number of piperidine rings is 1. The van der Waals surface area contributed by atoms with E-state index in [4.69, 9.17) is 9.47 Å². The summed E-state index contributed by atoms with van der Waals surface area (Å²) in [5, 5.41) is 5.78. The molecule has 1 aliphatic heterocycles. The van der Waals surface area contributed by atoms with Crippen LogP contribution in [0.3, 0.4) is 0 Å². The number of nitrogens with zero attached hydrogens (tertiary/aromatic N) is 1. The fourth-order valence-electron chi connectivity index (χ4n) is 5.34. The molecule has 0 spiro atoms. The van der Waals surface area contributed by atoms with E-state index in [1.807, 2.05) is 58.0 Å². The molecule has 2 N–H and O–H groups in total. The summed E-state index contributed by atoms with van der Waals surface area (Å²) >= 11 is 0. The van der Waals surface area contributed by atoms with E-state index < -0.39 is 17.3 Å². The zero-order chi connectivity index (χ0) is 34.4. The number of alkyl carbamates (subject to hydrolysis) is 1. The zero-order valence-electron chi connectivity index (χ0n) is 28.4. The van der Waals surface area contributed by atoms with Crippen LogP contribution in [0, 0.1) is 5.82 Å². The largest absolute Gasteiger partial charge is 0.444 e. The number of rotatable bonds is 7. The highest BCUT2D eigenvalue weighted by Gasteiger charge is 2.26. The molecule has 0 bridgehead atoms. The van der Waals surface area contributed by atoms with Gasteiger partial charge >= 0.3 is 12.2 Å². The van der Waals surface area contributed by atoms with Gasteiger partial charge in [-0.1, -0.05) is 54.1 Å². The fraction of sp³-hybridized carbons (Fsp3) is 0.395. The highest BCUT2D eigenvalue weighted by Crippen LogP contribution is 2.33. The van der Waals surface area contributed by atoms with Crippen molar-refractivity contribution < 1.29 is 28.2 Å². The summed E-state index contributed by atoms with van der Waals surface area (Å²) < 4.78 is 24.7. The van der Waals surface area contributed by atoms with Crippen LogP contribution >= 0.6 is 0 Å². The smallest absolute Gasteiger partial charge is 0.410 e. The van der Waals surface area contributed by atoms with Crippen molar-refractivity contribution in [3.05, 3.63) is 112 Å². The predicted molar refractivity (Wildman–Crippen MR) is 181 cm³/mol. The Labute approximate surface area is 277 Å². The molecule has 250 valence electrons. The summed E-state index contributed by atoms with van der Waals surface area (Å²) in [6.45, 7) is 14.2. The Morgan fingerprint density at radius 3 is 1.96 bits per heavy atom. The highest BCUT2D eigenvalue weighted by molar-refractivity contribution is 5.94. The normalized spacial score (nSPS) is 14.2. The second-order valence-electron chi connectivity index (χ2n) is 13.8. The van der Waals surface area contributed by atoms with Crippen LogP contribution in [0.2, 0.25) is 0 Å². The lowest BCUT2D eigenvalue weighted by Gasteiger charge is -2.32. The molecule has 0 saturated carbocycles. The molecular formula is C38H46FN3O5. The van der Waals surface area contributed by atoms with Crippen molar-refractivity contribution in [3.8, 4) is 0 Å². The van der Waals surface area contributed by atoms with Crippen LogP contribution < -0.4 is 10.6 Å². The van der Waals surface area contributed by atoms with Gasteiger partial charge in [0.15, 0.2) is 0 Å². The Kier molecular flexibility index (Phi) is 11.1. The third-order valence-electron chi connectivity index (χ3n) is 7.58. The van der Waals surface area contributed by atoms with Gasteiger partial charge in [0.2, 0.25) is 0 Å². The summed E-state index contributed by atoms with van der Waals surface area (Å²) in [7, 11) is 0. The standard InChI is InChI=1S/C38H46FN3O5/c1-25(41-34(43)31-10-8-9-26(23-31)24-40-35(44)46-37(2,3)4)27-11-13-28(14-12-27)33(29-15-17-32(39)18-16-29)30-19-21-42(22-20-30)36(45)47-38(5,6)7/h8-18,23,25H,19-22,24H2,1-7H3,(H,40,44)(H,41,43)/t25-/m1/s1. The van der Waals surface area contributed by atoms with Gasteiger partial charge in [0.25, 0.3) is 5.91 Å². The Hall–Kier alpha value is -4.66. The van der Waals surface area contributed by atoms with E-state index in [-0.39, 0.29) is 30.4 Å². The van der Waals surface area contributed by atoms with Gasteiger partial charge in [-0.2, -0.15) is 0 Å². The van der Waals surface area contributed by atoms with Crippen LogP contribution in [0.25, 0.3) is 5.57 Å². The van der Waals surface area contributed by atoms with E-state index in [1.165, 1.54) is 17.7 Å². The lowest BCUT2D eigenvalue weighted by atomic mass is 9.88. The van der Waals surface area contributed by atoms with Gasteiger partial charge in [0.1, 0.15) is 17.0 Å². The summed E-state index contributed by atoms with van der Waals surface area (Å²) in [4.78, 5) is 39.6. The number of likely N-dealkylation sites (tertiary alicyclic amines) is 1. The molecule has 0 aromatic heterocycles. The minimum absolute atomic E-state index is 0.230. The van der Waals surface area contributed by atoms with E-state index in [0.717, 1.165) is 27.8 Å². The molecule has 8 nitrogen and oxygen atoms in total. The molecule has 3 aromatic carbocycles. The third-order valence-corrected chi connectivity index (χ3v) is 7.58. The second kappa shape index (κ2) is 14.8. The van der Waals surface area contributed by atoms with Crippen molar-refractivity contribution >= 4 is 23.7 Å². The van der Waals surface area contributed by atoms with Crippen LogP contribution in [-0.4, -0.2) is 47.3 Å². The molecular weight excluding hydrogens is 597 g/mol. The van der Waals surface area contributed by atoms with Crippen LogP contribution in [0.5, 0.6) is 0 Å². The highest BCUT2D eigenvalue weighted by atomic mass is 19.1. The van der Waals surface area contributed by atoms with Crippen molar-refractivity contribution in [1.29, 1.82) is 0 Å². The third kappa shape index (κ3) is 10.4. The molecule has 0 unspecified atom stereocenters. The van der Waals surface area contributed by atoms with E-state index in [9.17, 15) is 18.8 Å². The van der Waals surface area contributed by atoms with Gasteiger partial charge in [-0.05, 0) is 113 Å². The zero-order valence-corrected chi connectivity index (χ0v) is 28.4. The second-order valence-corrected chi connectivity index (χ2v) is 13.8. The Morgan fingerprint density at radius 1 is 0.809 bits per heavy atom. The van der Waals surface area contributed by atoms with Crippen LogP contribution in [-0.2, 0) is 16.0 Å². The van der Waals surface area contributed by atoms with Crippen LogP contribution in [0.1, 0.15) is 100.0 Å². The van der Waals surface area contributed by atoms with Gasteiger partial charge in [-0.3, -0.25) is 4.79 Å². The van der Waals surface area contributed by atoms with Crippen LogP contribution in [0.15, 0.2) is 78.4 Å². The first kappa shape index (κ1) is 35.2. The summed E-state index contributed by atoms with van der Waals surface area (Å²) in [6, 6.07) is 21.3. The number of carbonyl (C=O) groups is 3. The van der Waals surface area contributed by atoms with E-state index >= 15 is 0 Å². The monoisotopic (exact) mass is 643 g/mol. The van der Waals surface area contributed by atoms with Crippen molar-refractivity contribution in [2.24, 2.45) is 0 Å². The SMILES string of the molecule is C[C@@H](NC(=O)c1cccc(CNC(=O)OC(C)(C)C)c1)c1ccc(C(=C2CCN(C(=O)OC(C)(C)C)CC2)c2ccc(F)cc2)cc1. The van der Waals surface area contributed by atoms with Crippen LogP contribution in [0.4, 0.5) is 14.0 Å². The van der Waals surface area contributed by atoms with Gasteiger partial charge in [-0.15, -0.1) is 0 Å². The first-order valence-electron chi connectivity index (χ1n) is 16.0. The quantitative estimate of drug-likeness (QED) is 0.271. The number of hydrogen-bond donors (Lipinski definition) is 2. The topological polar surface area (TPSA) is 97.0 Å². The number of halogens is 1. The number of carbonyl (C=O) groups excluding carboxylic acids is 3. The van der Waals surface area contributed by atoms with E-state index in [1.54, 1.807) is 56.0 Å². The molecule has 9 heteroatoms. The van der Waals surface area contributed by atoms with Gasteiger partial charge < -0.3 is 25.0 Å². The lowest BCUT2D eigenvalue weighted by Crippen LogP contribution is -2.40. The first-order chi connectivity index (χ1) is 22.1. The Balaban J connectivity index is 1.46. The van der Waals surface area contributed by atoms with Crippen molar-refractivity contribution in [3.63, 3.8) is 0 Å². The molecule has 1 saturated heterocycles. The number of ether oxygens (including phenoxy) is 2. The minimum Gasteiger partial charge on any atom is -0.444 e. The molecule has 3 aromatic rings. The van der Waals surface area contributed by atoms with Gasteiger partial charge in [0, 0.05) is 25.2 Å². The maximum atomic E-state index is 13.9. The average molecular weight is 644 g/mol. The molecule has 0 radical (unpaired) electrons. The summed E-state index contributed by atoms with van der Waals surface area (Å²) in [6.07, 6.45) is 0.511. The Bertz CT molecular complexity index is 1590. The Morgan fingerprint density at radius 2 is 1.38 bits per heavy atom. The molecule has 1 atom stereocenters. The molecule has 1 fully saturated rings. The summed E-state index contributed by atoms with van der Waals surface area (Å²) in [5.74, 6) is -0.533. The molecule has 47 heavy (non-hydrogen) atoms. The fourth-order valence-corrected chi connectivity index (χ4v) is 5.34. The molecule has 1 heterocycles. The van der Waals surface area contributed by atoms with Crippen molar-refractivity contribution in [1.82, 2.24) is 15.5 Å². The van der Waals surface area contributed by atoms with Crippen molar-refractivity contribution in [2.75, 3.05) is 13.1 Å². The maximum Gasteiger partial charge on any atom is 0.410 e. The number of benzene rings is 3. The minimum atomic E-state index is -0.597. The van der Waals surface area contributed by atoms with E-state index in [2.05, 4.69) is 10.6 Å². The number of hydrogen-bond acceptors (Lipinski definition) is 5. The van der Waals surface area contributed by atoms with Gasteiger partial charge in [0.05, 0.1) is 6.04 Å². The lowest BCUT2D eigenvalue weighted by molar-refractivity contribution is 0.0236. The maximum absolute atomic E-state index is 13.9. The first-order valence-corrected chi connectivity index (χ1v) is 16.0. The number of amides is 3. The summed E-state index contributed by atoms with van der Waals surface area (Å²) in [5.41, 5.74) is 5.12. The molecule has 0 aliphatic carbocycles. The average Bonchev–Trinajstić information content (AvgIpc) is 3.00. The molecule has 3 amide bonds. The molecule has 1 aliphatic rings. The molecule has 4 rings (SSSR count). The van der Waals surface area contributed by atoms with E-state index in [0.29, 0.717) is 31.5 Å². The predicted octanol–water partition coefficient (Wildman–Crippen LogP) is 8.17. The number of nitrogens with one attached hydrogen (secondary N) is 2.